The highest BCUT2D eigenvalue weighted by Gasteiger charge is 2.35. The van der Waals surface area contributed by atoms with Gasteiger partial charge in [-0.3, -0.25) is 0 Å². The second-order valence-electron chi connectivity index (χ2n) is 5.92. The maximum atomic E-state index is 11.6. The van der Waals surface area contributed by atoms with Gasteiger partial charge in [0.05, 0.1) is 17.3 Å². The molecule has 0 amide bonds. The fourth-order valence-corrected chi connectivity index (χ4v) is 3.60. The molecule has 2 saturated carbocycles. The Hall–Kier alpha value is -1.36. The summed E-state index contributed by atoms with van der Waals surface area (Å²) in [7, 11) is 0. The molecule has 0 heterocycles. The zero-order valence-electron chi connectivity index (χ0n) is 11.5. The standard InChI is InChI=1S/C15H22O5/c16-11-7-5-10(6-8-11)13(15(19)20)12(14(17)18)9-3-1-2-4-9/h9-11,16H,1-8H2,(H,17,18)(H,19,20)/b13-12-. The number of carbonyl (C=O) groups is 2. The molecule has 0 saturated heterocycles. The van der Waals surface area contributed by atoms with E-state index in [4.69, 9.17) is 0 Å². The van der Waals surface area contributed by atoms with Crippen LogP contribution in [-0.4, -0.2) is 33.4 Å². The van der Waals surface area contributed by atoms with Gasteiger partial charge in [-0.25, -0.2) is 9.59 Å². The van der Waals surface area contributed by atoms with Crippen LogP contribution in [0.15, 0.2) is 11.1 Å². The fourth-order valence-electron chi connectivity index (χ4n) is 3.60. The molecule has 0 radical (unpaired) electrons. The highest BCUT2D eigenvalue weighted by atomic mass is 16.4. The molecule has 0 bridgehead atoms. The summed E-state index contributed by atoms with van der Waals surface area (Å²) in [5.74, 6) is -2.54. The van der Waals surface area contributed by atoms with E-state index in [9.17, 15) is 24.9 Å². The van der Waals surface area contributed by atoms with Crippen LogP contribution in [0.2, 0.25) is 0 Å². The van der Waals surface area contributed by atoms with Crippen molar-refractivity contribution in [2.45, 2.75) is 57.5 Å². The van der Waals surface area contributed by atoms with Crippen LogP contribution in [0.3, 0.4) is 0 Å². The molecule has 5 heteroatoms. The summed E-state index contributed by atoms with van der Waals surface area (Å²) in [6, 6.07) is 0. The Labute approximate surface area is 118 Å². The van der Waals surface area contributed by atoms with Gasteiger partial charge in [-0.2, -0.15) is 0 Å². The second kappa shape index (κ2) is 6.39. The summed E-state index contributed by atoms with van der Waals surface area (Å²) >= 11 is 0. The Morgan fingerprint density at radius 2 is 1.10 bits per heavy atom. The van der Waals surface area contributed by atoms with Crippen LogP contribution in [0.25, 0.3) is 0 Å². The molecule has 20 heavy (non-hydrogen) atoms. The monoisotopic (exact) mass is 282 g/mol. The van der Waals surface area contributed by atoms with Crippen molar-refractivity contribution >= 4 is 11.9 Å². The second-order valence-corrected chi connectivity index (χ2v) is 5.92. The molecule has 0 spiro atoms. The van der Waals surface area contributed by atoms with Crippen molar-refractivity contribution in [3.63, 3.8) is 0 Å². The summed E-state index contributed by atoms with van der Waals surface area (Å²) in [5.41, 5.74) is 0.215. The molecule has 0 aromatic carbocycles. The van der Waals surface area contributed by atoms with Crippen LogP contribution in [0, 0.1) is 11.8 Å². The van der Waals surface area contributed by atoms with Gasteiger partial charge < -0.3 is 15.3 Å². The number of aliphatic hydroxyl groups excluding tert-OH is 1. The van der Waals surface area contributed by atoms with E-state index in [1.54, 1.807) is 0 Å². The number of rotatable bonds is 4. The molecule has 0 aromatic heterocycles. The number of carboxylic acids is 2. The fraction of sp³-hybridized carbons (Fsp3) is 0.733. The molecule has 0 aromatic rings. The zero-order valence-corrected chi connectivity index (χ0v) is 11.5. The van der Waals surface area contributed by atoms with Crippen LogP contribution >= 0.6 is 0 Å². The van der Waals surface area contributed by atoms with Gasteiger partial charge in [0.2, 0.25) is 0 Å². The Morgan fingerprint density at radius 3 is 1.50 bits per heavy atom. The van der Waals surface area contributed by atoms with Crippen LogP contribution in [-0.2, 0) is 9.59 Å². The Kier molecular flexibility index (Phi) is 4.81. The Morgan fingerprint density at radius 1 is 0.700 bits per heavy atom. The van der Waals surface area contributed by atoms with Crippen LogP contribution < -0.4 is 0 Å². The first-order valence-corrected chi connectivity index (χ1v) is 7.39. The third-order valence-corrected chi connectivity index (χ3v) is 4.62. The predicted octanol–water partition coefficient (Wildman–Crippen LogP) is 2.19. The molecule has 0 atom stereocenters. The van der Waals surface area contributed by atoms with E-state index in [0.717, 1.165) is 25.7 Å². The lowest BCUT2D eigenvalue weighted by atomic mass is 9.78. The minimum atomic E-state index is -1.10. The van der Waals surface area contributed by atoms with Crippen molar-refractivity contribution in [2.75, 3.05) is 0 Å². The molecule has 5 nitrogen and oxygen atoms in total. The summed E-state index contributed by atoms with van der Waals surface area (Å²) in [6.45, 7) is 0. The minimum Gasteiger partial charge on any atom is -0.478 e. The lowest BCUT2D eigenvalue weighted by molar-refractivity contribution is -0.137. The Balaban J connectivity index is 2.33. The van der Waals surface area contributed by atoms with Gasteiger partial charge >= 0.3 is 11.9 Å². The third-order valence-electron chi connectivity index (χ3n) is 4.62. The van der Waals surface area contributed by atoms with Crippen molar-refractivity contribution in [1.82, 2.24) is 0 Å². The average molecular weight is 282 g/mol. The smallest absolute Gasteiger partial charge is 0.332 e. The molecule has 112 valence electrons. The van der Waals surface area contributed by atoms with E-state index < -0.39 is 11.9 Å². The van der Waals surface area contributed by atoms with Crippen molar-refractivity contribution in [1.29, 1.82) is 0 Å². The van der Waals surface area contributed by atoms with Crippen molar-refractivity contribution in [2.24, 2.45) is 11.8 Å². The van der Waals surface area contributed by atoms with Crippen molar-refractivity contribution in [3.8, 4) is 0 Å². The largest absolute Gasteiger partial charge is 0.478 e. The number of hydrogen-bond acceptors (Lipinski definition) is 3. The first-order chi connectivity index (χ1) is 9.50. The van der Waals surface area contributed by atoms with Crippen LogP contribution in [0.1, 0.15) is 51.4 Å². The molecule has 2 rings (SSSR count). The number of hydrogen-bond donors (Lipinski definition) is 3. The number of aliphatic carboxylic acids is 2. The van der Waals surface area contributed by atoms with Crippen molar-refractivity contribution < 1.29 is 24.9 Å². The van der Waals surface area contributed by atoms with E-state index in [1.807, 2.05) is 0 Å². The summed E-state index contributed by atoms with van der Waals surface area (Å²) in [4.78, 5) is 23.2. The predicted molar refractivity (Wildman–Crippen MR) is 72.2 cm³/mol. The third kappa shape index (κ3) is 3.20. The Bertz CT molecular complexity index is 412. The number of aliphatic hydroxyl groups is 1. The molecule has 3 N–H and O–H groups in total. The summed E-state index contributed by atoms with van der Waals surface area (Å²) in [5, 5.41) is 28.5. The van der Waals surface area contributed by atoms with E-state index in [1.165, 1.54) is 0 Å². The van der Waals surface area contributed by atoms with Gasteiger partial charge in [-0.05, 0) is 50.4 Å². The zero-order chi connectivity index (χ0) is 14.7. The lowest BCUT2D eigenvalue weighted by Crippen LogP contribution is -2.27. The molecule has 0 unspecified atom stereocenters. The maximum absolute atomic E-state index is 11.6. The normalized spacial score (nSPS) is 29.1. The number of carboxylic acid groups (broad SMARTS) is 2. The first-order valence-electron chi connectivity index (χ1n) is 7.39. The van der Waals surface area contributed by atoms with Gasteiger partial charge in [0, 0.05) is 0 Å². The molecular formula is C15H22O5. The van der Waals surface area contributed by atoms with E-state index >= 15 is 0 Å². The topological polar surface area (TPSA) is 94.8 Å². The molecule has 0 aliphatic heterocycles. The maximum Gasteiger partial charge on any atom is 0.332 e. The van der Waals surface area contributed by atoms with Gasteiger partial charge in [0.1, 0.15) is 0 Å². The van der Waals surface area contributed by atoms with E-state index in [2.05, 4.69) is 0 Å². The molecule has 2 aliphatic carbocycles. The molecule has 2 fully saturated rings. The van der Waals surface area contributed by atoms with Crippen LogP contribution in [0.4, 0.5) is 0 Å². The minimum absolute atomic E-state index is 0.0938. The average Bonchev–Trinajstić information content (AvgIpc) is 2.89. The lowest BCUT2D eigenvalue weighted by Gasteiger charge is -2.28. The quantitative estimate of drug-likeness (QED) is 0.687. The molecular weight excluding hydrogens is 260 g/mol. The van der Waals surface area contributed by atoms with Crippen LogP contribution in [0.5, 0.6) is 0 Å². The summed E-state index contributed by atoms with van der Waals surface area (Å²) in [6.07, 6.45) is 5.34. The van der Waals surface area contributed by atoms with Gasteiger partial charge in [0.15, 0.2) is 0 Å². The highest BCUT2D eigenvalue weighted by Crippen LogP contribution is 2.38. The summed E-state index contributed by atoms with van der Waals surface area (Å²) < 4.78 is 0. The van der Waals surface area contributed by atoms with E-state index in [0.29, 0.717) is 25.7 Å². The van der Waals surface area contributed by atoms with Crippen molar-refractivity contribution in [3.05, 3.63) is 11.1 Å². The first kappa shape index (κ1) is 15.0. The van der Waals surface area contributed by atoms with Gasteiger partial charge in [0.25, 0.3) is 0 Å². The van der Waals surface area contributed by atoms with Gasteiger partial charge in [-0.1, -0.05) is 12.8 Å². The van der Waals surface area contributed by atoms with Gasteiger partial charge in [-0.15, -0.1) is 0 Å². The highest BCUT2D eigenvalue weighted by molar-refractivity contribution is 5.99. The van der Waals surface area contributed by atoms with E-state index in [-0.39, 0.29) is 29.1 Å². The SMILES string of the molecule is O=C(O)/C(=C(\C(=O)O)C1CCC(O)CC1)C1CCCC1. The molecule has 2 aliphatic rings.